The van der Waals surface area contributed by atoms with Crippen molar-refractivity contribution in [3.05, 3.63) is 51.9 Å². The number of halogens is 4. The average molecular weight is 471 g/mol. The van der Waals surface area contributed by atoms with Gasteiger partial charge in [0.05, 0.1) is 17.7 Å². The highest BCUT2D eigenvalue weighted by atomic mass is 35.5. The van der Waals surface area contributed by atoms with Gasteiger partial charge in [-0.15, -0.1) is 0 Å². The number of hydrogen-bond acceptors (Lipinski definition) is 6. The van der Waals surface area contributed by atoms with Crippen LogP contribution in [0.1, 0.15) is 35.5 Å². The zero-order valence-corrected chi connectivity index (χ0v) is 18.7. The van der Waals surface area contributed by atoms with Crippen LogP contribution in [-0.2, 0) is 11.8 Å². The number of β-amino-alcohol motifs (C(OH)–C–C–N with tert-alkyl or cyclic N) is 1. The van der Waals surface area contributed by atoms with Crippen LogP contribution in [0.2, 0.25) is 5.02 Å². The monoisotopic (exact) mass is 470 g/mol. The first kappa shape index (κ1) is 23.2. The molecule has 4 rings (SSSR count). The van der Waals surface area contributed by atoms with E-state index in [0.717, 1.165) is 5.56 Å². The molecule has 2 aliphatic heterocycles. The molecule has 0 aliphatic carbocycles. The lowest BCUT2D eigenvalue weighted by Gasteiger charge is -2.41. The van der Waals surface area contributed by atoms with Gasteiger partial charge < -0.3 is 15.1 Å². The third-order valence-corrected chi connectivity index (χ3v) is 6.90. The predicted molar refractivity (Wildman–Crippen MR) is 115 cm³/mol. The number of aliphatic hydroxyl groups is 2. The topological polar surface area (TPSA) is 72.7 Å². The van der Waals surface area contributed by atoms with Gasteiger partial charge in [-0.25, -0.2) is 9.97 Å². The van der Waals surface area contributed by atoms with E-state index in [1.165, 1.54) is 6.92 Å². The Balaban J connectivity index is 1.48. The molecule has 0 amide bonds. The second-order valence-electron chi connectivity index (χ2n) is 8.69. The lowest BCUT2D eigenvalue weighted by atomic mass is 9.84. The molecule has 2 unspecified atom stereocenters. The van der Waals surface area contributed by atoms with Crippen LogP contribution in [0.4, 0.5) is 19.0 Å². The lowest BCUT2D eigenvalue weighted by Crippen LogP contribution is -2.51. The fourth-order valence-corrected chi connectivity index (χ4v) is 4.75. The highest BCUT2D eigenvalue weighted by Crippen LogP contribution is 2.36. The number of likely N-dealkylation sites (tertiary alicyclic amines) is 1. The Morgan fingerprint density at radius 3 is 2.28 bits per heavy atom. The number of aryl methyl sites for hydroxylation is 1. The van der Waals surface area contributed by atoms with Crippen LogP contribution in [0.25, 0.3) is 0 Å². The molecule has 3 heterocycles. The number of aromatic nitrogens is 2. The minimum Gasteiger partial charge on any atom is -0.390 e. The molecule has 2 aromatic rings. The molecule has 2 saturated heterocycles. The molecule has 0 saturated carbocycles. The Morgan fingerprint density at radius 1 is 1.06 bits per heavy atom. The number of piperidine rings is 1. The Bertz CT molecular complexity index is 978. The molecule has 174 valence electrons. The van der Waals surface area contributed by atoms with Gasteiger partial charge in [-0.3, -0.25) is 4.90 Å². The number of rotatable bonds is 3. The summed E-state index contributed by atoms with van der Waals surface area (Å²) in [7, 11) is 0. The van der Waals surface area contributed by atoms with E-state index in [4.69, 9.17) is 11.6 Å². The molecule has 0 radical (unpaired) electrons. The Hall–Kier alpha value is -1.94. The van der Waals surface area contributed by atoms with Crippen molar-refractivity contribution in [2.24, 2.45) is 0 Å². The summed E-state index contributed by atoms with van der Waals surface area (Å²) in [5.74, 6) is -0.958. The van der Waals surface area contributed by atoms with Gasteiger partial charge in [0.2, 0.25) is 5.82 Å². The smallest absolute Gasteiger partial charge is 0.390 e. The summed E-state index contributed by atoms with van der Waals surface area (Å²) in [6, 6.07) is 6.89. The van der Waals surface area contributed by atoms with Crippen LogP contribution in [0.5, 0.6) is 0 Å². The number of benzene rings is 1. The average Bonchev–Trinajstić information content (AvgIpc) is 3.11. The fourth-order valence-electron chi connectivity index (χ4n) is 4.62. The minimum atomic E-state index is -4.63. The predicted octanol–water partition coefficient (Wildman–Crippen LogP) is 3.30. The zero-order chi connectivity index (χ0) is 23.3. The number of nitrogens with zero attached hydrogens (tertiary/aromatic N) is 4. The van der Waals surface area contributed by atoms with Gasteiger partial charge in [-0.1, -0.05) is 23.7 Å². The van der Waals surface area contributed by atoms with Gasteiger partial charge in [0, 0.05) is 42.5 Å². The number of aliphatic hydroxyl groups excluding tert-OH is 1. The van der Waals surface area contributed by atoms with Crippen molar-refractivity contribution in [2.75, 3.05) is 31.1 Å². The minimum absolute atomic E-state index is 0.192. The SMILES string of the molecule is Cc1nc(C(F)(F)F)nc(N2CC(O)C(N3CCC(O)(c4ccc(Cl)cc4)CC3)C2)c1C. The second kappa shape index (κ2) is 8.44. The summed E-state index contributed by atoms with van der Waals surface area (Å²) in [6.45, 7) is 4.89. The lowest BCUT2D eigenvalue weighted by molar-refractivity contribution is -0.145. The van der Waals surface area contributed by atoms with Gasteiger partial charge in [0.1, 0.15) is 5.82 Å². The molecule has 32 heavy (non-hydrogen) atoms. The maximum Gasteiger partial charge on any atom is 0.451 e. The van der Waals surface area contributed by atoms with E-state index in [9.17, 15) is 23.4 Å². The zero-order valence-electron chi connectivity index (χ0n) is 17.9. The molecule has 2 aliphatic rings. The molecule has 2 atom stereocenters. The molecule has 0 bridgehead atoms. The summed E-state index contributed by atoms with van der Waals surface area (Å²) in [4.78, 5) is 11.2. The number of alkyl halides is 3. The third-order valence-electron chi connectivity index (χ3n) is 6.65. The van der Waals surface area contributed by atoms with Crippen molar-refractivity contribution < 1.29 is 23.4 Å². The first-order valence-electron chi connectivity index (χ1n) is 10.6. The number of anilines is 1. The second-order valence-corrected chi connectivity index (χ2v) is 9.13. The summed E-state index contributed by atoms with van der Waals surface area (Å²) in [6.07, 6.45) is -4.39. The van der Waals surface area contributed by atoms with Crippen molar-refractivity contribution >= 4 is 17.4 Å². The van der Waals surface area contributed by atoms with E-state index in [-0.39, 0.29) is 24.1 Å². The maximum absolute atomic E-state index is 13.2. The molecular formula is C22H26ClF3N4O2. The van der Waals surface area contributed by atoms with Crippen LogP contribution >= 0.6 is 11.6 Å². The van der Waals surface area contributed by atoms with Crippen LogP contribution in [0.3, 0.4) is 0 Å². The first-order chi connectivity index (χ1) is 15.0. The fraction of sp³-hybridized carbons (Fsp3) is 0.545. The molecule has 0 spiro atoms. The molecule has 1 aromatic heterocycles. The van der Waals surface area contributed by atoms with Crippen molar-refractivity contribution in [1.29, 1.82) is 0 Å². The Labute approximate surface area is 189 Å². The van der Waals surface area contributed by atoms with Crippen LogP contribution < -0.4 is 4.90 Å². The van der Waals surface area contributed by atoms with Crippen molar-refractivity contribution in [1.82, 2.24) is 14.9 Å². The normalized spacial score (nSPS) is 24.2. The highest BCUT2D eigenvalue weighted by molar-refractivity contribution is 6.30. The van der Waals surface area contributed by atoms with Gasteiger partial charge in [-0.05, 0) is 44.4 Å². The van der Waals surface area contributed by atoms with Crippen molar-refractivity contribution in [3.8, 4) is 0 Å². The molecule has 10 heteroatoms. The quantitative estimate of drug-likeness (QED) is 0.717. The Morgan fingerprint density at radius 2 is 1.69 bits per heavy atom. The summed E-state index contributed by atoms with van der Waals surface area (Å²) < 4.78 is 39.6. The van der Waals surface area contributed by atoms with E-state index in [2.05, 4.69) is 14.9 Å². The van der Waals surface area contributed by atoms with E-state index in [1.807, 2.05) is 12.1 Å². The first-order valence-corrected chi connectivity index (χ1v) is 10.9. The standard InChI is InChI=1S/C22H26ClF3N4O2/c1-13-14(2)27-20(22(24,25)26)28-19(13)30-11-17(18(31)12-30)29-9-7-21(32,8-10-29)15-3-5-16(23)6-4-15/h3-6,17-18,31-32H,7-12H2,1-2H3. The van der Waals surface area contributed by atoms with Crippen LogP contribution in [0, 0.1) is 13.8 Å². The molecule has 2 N–H and O–H groups in total. The van der Waals surface area contributed by atoms with Crippen LogP contribution in [0.15, 0.2) is 24.3 Å². The third kappa shape index (κ3) is 4.44. The maximum atomic E-state index is 13.2. The van der Waals surface area contributed by atoms with Gasteiger partial charge in [-0.2, -0.15) is 13.2 Å². The molecule has 1 aromatic carbocycles. The summed E-state index contributed by atoms with van der Waals surface area (Å²) in [5, 5.41) is 22.4. The van der Waals surface area contributed by atoms with Crippen molar-refractivity contribution in [2.45, 2.75) is 50.6 Å². The van der Waals surface area contributed by atoms with E-state index in [1.54, 1.807) is 24.0 Å². The van der Waals surface area contributed by atoms with E-state index >= 15 is 0 Å². The molecule has 2 fully saturated rings. The van der Waals surface area contributed by atoms with Gasteiger partial charge in [0.25, 0.3) is 0 Å². The van der Waals surface area contributed by atoms with E-state index < -0.39 is 23.7 Å². The number of hydrogen-bond donors (Lipinski definition) is 2. The van der Waals surface area contributed by atoms with Crippen LogP contribution in [-0.4, -0.2) is 63.4 Å². The van der Waals surface area contributed by atoms with Gasteiger partial charge in [0.15, 0.2) is 0 Å². The summed E-state index contributed by atoms with van der Waals surface area (Å²) >= 11 is 5.95. The van der Waals surface area contributed by atoms with Crippen molar-refractivity contribution in [3.63, 3.8) is 0 Å². The molecule has 6 nitrogen and oxygen atoms in total. The largest absolute Gasteiger partial charge is 0.451 e. The summed E-state index contributed by atoms with van der Waals surface area (Å²) in [5.41, 5.74) is 0.682. The van der Waals surface area contributed by atoms with E-state index in [0.29, 0.717) is 43.1 Å². The highest BCUT2D eigenvalue weighted by Gasteiger charge is 2.42. The molecular weight excluding hydrogens is 445 g/mol. The Kier molecular flexibility index (Phi) is 6.13. The van der Waals surface area contributed by atoms with Gasteiger partial charge >= 0.3 is 6.18 Å².